The number of hydrogen-bond donors (Lipinski definition) is 3. The van der Waals surface area contributed by atoms with E-state index in [0.29, 0.717) is 64.0 Å². The minimum absolute atomic E-state index is 0.0367. The van der Waals surface area contributed by atoms with E-state index in [1.165, 1.54) is 11.3 Å². The Morgan fingerprint density at radius 2 is 2.00 bits per heavy atom. The van der Waals surface area contributed by atoms with Crippen molar-refractivity contribution in [2.45, 2.75) is 44.2 Å². The van der Waals surface area contributed by atoms with Gasteiger partial charge < -0.3 is 25.6 Å². The van der Waals surface area contributed by atoms with Gasteiger partial charge in [0, 0.05) is 24.7 Å². The molecule has 3 heterocycles. The second kappa shape index (κ2) is 9.83. The third-order valence-corrected chi connectivity index (χ3v) is 6.99. The molecule has 2 aliphatic heterocycles. The standard InChI is InChI=1S/C22H29N5O4S/c1-2-31-21(30)27-11-5-16(6-12-27)25-20(29)22(7-9-23-10-8-22)26-19(28)15-3-4-17-18(13-15)32-14-24-17/h3-4,13-14,16,23H,2,5-12H2,1H3,(H,25,29)(H,26,28). The first-order valence-corrected chi connectivity index (χ1v) is 12.0. The number of nitrogens with one attached hydrogen (secondary N) is 3. The zero-order valence-corrected chi connectivity index (χ0v) is 19.0. The van der Waals surface area contributed by atoms with Crippen molar-refractivity contribution in [1.82, 2.24) is 25.8 Å². The molecule has 10 heteroatoms. The first kappa shape index (κ1) is 22.5. The number of ether oxygens (including phenoxy) is 1. The van der Waals surface area contributed by atoms with E-state index >= 15 is 0 Å². The number of carbonyl (C=O) groups is 3. The number of fused-ring (bicyclic) bond motifs is 1. The topological polar surface area (TPSA) is 113 Å². The molecule has 9 nitrogen and oxygen atoms in total. The van der Waals surface area contributed by atoms with E-state index in [2.05, 4.69) is 20.9 Å². The number of thiazole rings is 1. The summed E-state index contributed by atoms with van der Waals surface area (Å²) in [5.41, 5.74) is 2.18. The summed E-state index contributed by atoms with van der Waals surface area (Å²) in [4.78, 5) is 44.3. The Morgan fingerprint density at radius 1 is 1.25 bits per heavy atom. The highest BCUT2D eigenvalue weighted by molar-refractivity contribution is 7.16. The maximum absolute atomic E-state index is 13.4. The van der Waals surface area contributed by atoms with Gasteiger partial charge in [-0.2, -0.15) is 0 Å². The number of piperidine rings is 2. The zero-order chi connectivity index (χ0) is 22.6. The van der Waals surface area contributed by atoms with E-state index in [4.69, 9.17) is 4.74 Å². The largest absolute Gasteiger partial charge is 0.450 e. The number of benzene rings is 1. The normalized spacial score (nSPS) is 18.8. The van der Waals surface area contributed by atoms with E-state index < -0.39 is 5.54 Å². The summed E-state index contributed by atoms with van der Waals surface area (Å²) in [5.74, 6) is -0.407. The molecule has 32 heavy (non-hydrogen) atoms. The van der Waals surface area contributed by atoms with Crippen LogP contribution in [0.15, 0.2) is 23.7 Å². The fraction of sp³-hybridized carbons (Fsp3) is 0.545. The summed E-state index contributed by atoms with van der Waals surface area (Å²) in [6.07, 6.45) is 2.06. The molecule has 3 N–H and O–H groups in total. The second-order valence-corrected chi connectivity index (χ2v) is 9.14. The molecule has 4 rings (SSSR count). The Morgan fingerprint density at radius 3 is 2.72 bits per heavy atom. The lowest BCUT2D eigenvalue weighted by Gasteiger charge is -2.39. The molecule has 0 unspecified atom stereocenters. The number of nitrogens with zero attached hydrogens (tertiary/aromatic N) is 2. The van der Waals surface area contributed by atoms with Gasteiger partial charge in [0.2, 0.25) is 5.91 Å². The van der Waals surface area contributed by atoms with Gasteiger partial charge in [0.05, 0.1) is 22.3 Å². The number of aromatic nitrogens is 1. The average molecular weight is 460 g/mol. The van der Waals surface area contributed by atoms with Gasteiger partial charge in [-0.1, -0.05) is 0 Å². The SMILES string of the molecule is CCOC(=O)N1CCC(NC(=O)C2(NC(=O)c3ccc4ncsc4c3)CCNCC2)CC1. The van der Waals surface area contributed by atoms with Crippen molar-refractivity contribution in [3.05, 3.63) is 29.3 Å². The molecule has 1 aromatic carbocycles. The van der Waals surface area contributed by atoms with E-state index in [1.807, 2.05) is 12.1 Å². The summed E-state index contributed by atoms with van der Waals surface area (Å²) in [5, 5.41) is 9.45. The lowest BCUT2D eigenvalue weighted by atomic mass is 9.86. The van der Waals surface area contributed by atoms with Crippen LogP contribution in [0.1, 0.15) is 43.0 Å². The summed E-state index contributed by atoms with van der Waals surface area (Å²) in [6, 6.07) is 5.35. The average Bonchev–Trinajstić information content (AvgIpc) is 3.28. The summed E-state index contributed by atoms with van der Waals surface area (Å²) >= 11 is 1.48. The van der Waals surface area contributed by atoms with Gasteiger partial charge in [-0.05, 0) is 63.9 Å². The highest BCUT2D eigenvalue weighted by Gasteiger charge is 2.42. The summed E-state index contributed by atoms with van der Waals surface area (Å²) in [6.45, 7) is 4.53. The van der Waals surface area contributed by atoms with Crippen molar-refractivity contribution >= 4 is 39.5 Å². The molecule has 3 amide bonds. The Bertz CT molecular complexity index is 980. The van der Waals surface area contributed by atoms with Crippen LogP contribution >= 0.6 is 11.3 Å². The van der Waals surface area contributed by atoms with E-state index in [0.717, 1.165) is 10.2 Å². The molecule has 2 aliphatic rings. The minimum Gasteiger partial charge on any atom is -0.450 e. The van der Waals surface area contributed by atoms with Crippen LogP contribution in [0.25, 0.3) is 10.2 Å². The monoisotopic (exact) mass is 459 g/mol. The molecule has 0 radical (unpaired) electrons. The van der Waals surface area contributed by atoms with Gasteiger partial charge in [-0.15, -0.1) is 11.3 Å². The highest BCUT2D eigenvalue weighted by Crippen LogP contribution is 2.23. The predicted octanol–water partition coefficient (Wildman–Crippen LogP) is 1.89. The number of rotatable bonds is 5. The van der Waals surface area contributed by atoms with Crippen LogP contribution in [0, 0.1) is 0 Å². The maximum atomic E-state index is 13.4. The molecular formula is C22H29N5O4S. The first-order valence-electron chi connectivity index (χ1n) is 11.1. The van der Waals surface area contributed by atoms with E-state index in [9.17, 15) is 14.4 Å². The third kappa shape index (κ3) is 4.86. The molecule has 0 aliphatic carbocycles. The minimum atomic E-state index is -0.955. The highest BCUT2D eigenvalue weighted by atomic mass is 32.1. The Kier molecular flexibility index (Phi) is 6.90. The van der Waals surface area contributed by atoms with Crippen LogP contribution in [-0.4, -0.2) is 72.2 Å². The molecule has 1 aromatic heterocycles. The van der Waals surface area contributed by atoms with Crippen molar-refractivity contribution in [1.29, 1.82) is 0 Å². The lowest BCUT2D eigenvalue weighted by Crippen LogP contribution is -2.64. The van der Waals surface area contributed by atoms with Crippen LogP contribution < -0.4 is 16.0 Å². The third-order valence-electron chi connectivity index (χ3n) is 6.19. The Labute approximate surface area is 190 Å². The molecule has 0 spiro atoms. The fourth-order valence-corrected chi connectivity index (χ4v) is 5.01. The predicted molar refractivity (Wildman–Crippen MR) is 122 cm³/mol. The van der Waals surface area contributed by atoms with Gasteiger partial charge in [0.15, 0.2) is 0 Å². The number of hydrogen-bond acceptors (Lipinski definition) is 7. The number of likely N-dealkylation sites (tertiary alicyclic amines) is 1. The molecule has 0 atom stereocenters. The van der Waals surface area contributed by atoms with Crippen molar-refractivity contribution < 1.29 is 19.1 Å². The van der Waals surface area contributed by atoms with Crippen LogP contribution in [-0.2, 0) is 9.53 Å². The van der Waals surface area contributed by atoms with E-state index in [-0.39, 0.29) is 23.9 Å². The molecule has 2 saturated heterocycles. The maximum Gasteiger partial charge on any atom is 0.409 e. The second-order valence-electron chi connectivity index (χ2n) is 8.25. The van der Waals surface area contributed by atoms with Crippen molar-refractivity contribution in [2.24, 2.45) is 0 Å². The number of amides is 3. The lowest BCUT2D eigenvalue weighted by molar-refractivity contribution is -0.129. The molecular weight excluding hydrogens is 430 g/mol. The van der Waals surface area contributed by atoms with Crippen LogP contribution in [0.4, 0.5) is 4.79 Å². The van der Waals surface area contributed by atoms with Crippen LogP contribution in [0.5, 0.6) is 0 Å². The van der Waals surface area contributed by atoms with Crippen molar-refractivity contribution in [2.75, 3.05) is 32.8 Å². The fourth-order valence-electron chi connectivity index (χ4n) is 4.29. The van der Waals surface area contributed by atoms with Crippen molar-refractivity contribution in [3.8, 4) is 0 Å². The molecule has 0 saturated carbocycles. The summed E-state index contributed by atoms with van der Waals surface area (Å²) in [7, 11) is 0. The van der Waals surface area contributed by atoms with Gasteiger partial charge in [-0.25, -0.2) is 9.78 Å². The van der Waals surface area contributed by atoms with E-state index in [1.54, 1.807) is 23.4 Å². The molecule has 0 bridgehead atoms. The molecule has 2 aromatic rings. The van der Waals surface area contributed by atoms with Crippen LogP contribution in [0.2, 0.25) is 0 Å². The smallest absolute Gasteiger partial charge is 0.409 e. The van der Waals surface area contributed by atoms with Gasteiger partial charge in [0.1, 0.15) is 5.54 Å². The number of carbonyl (C=O) groups excluding carboxylic acids is 3. The van der Waals surface area contributed by atoms with Gasteiger partial charge >= 0.3 is 6.09 Å². The molecule has 2 fully saturated rings. The Hall–Kier alpha value is -2.72. The molecule has 172 valence electrons. The summed E-state index contributed by atoms with van der Waals surface area (Å²) < 4.78 is 6.00. The van der Waals surface area contributed by atoms with Gasteiger partial charge in [-0.3, -0.25) is 9.59 Å². The Balaban J connectivity index is 1.41. The first-order chi connectivity index (χ1) is 15.5. The van der Waals surface area contributed by atoms with Crippen LogP contribution in [0.3, 0.4) is 0 Å². The van der Waals surface area contributed by atoms with Gasteiger partial charge in [0.25, 0.3) is 5.91 Å². The quantitative estimate of drug-likeness (QED) is 0.629. The zero-order valence-electron chi connectivity index (χ0n) is 18.2. The van der Waals surface area contributed by atoms with Crippen molar-refractivity contribution in [3.63, 3.8) is 0 Å².